The molecule has 0 bridgehead atoms. The van der Waals surface area contributed by atoms with Gasteiger partial charge in [-0.25, -0.2) is 9.37 Å². The second-order valence-electron chi connectivity index (χ2n) is 6.50. The fraction of sp³-hybridized carbons (Fsp3) is 0.0476. The van der Waals surface area contributed by atoms with Gasteiger partial charge in [-0.3, -0.25) is 0 Å². The summed E-state index contributed by atoms with van der Waals surface area (Å²) < 4.78 is 26.8. The maximum Gasteiger partial charge on any atom is 0.236 e. The lowest BCUT2D eigenvalue weighted by molar-refractivity contribution is 0.581. The molecule has 0 atom stereocenters. The molecule has 7 nitrogen and oxygen atoms in total. The highest BCUT2D eigenvalue weighted by Crippen LogP contribution is 2.28. The number of aromatic nitrogens is 4. The molecule has 0 aliphatic heterocycles. The highest BCUT2D eigenvalue weighted by atomic mass is 35.5. The van der Waals surface area contributed by atoms with Crippen LogP contribution in [0.1, 0.15) is 5.56 Å². The van der Waals surface area contributed by atoms with E-state index in [-0.39, 0.29) is 42.6 Å². The molecule has 4 rings (SSSR count). The summed E-state index contributed by atoms with van der Waals surface area (Å²) >= 11 is 6.02. The summed E-state index contributed by atoms with van der Waals surface area (Å²) in [6.45, 7) is 0.237. The standard InChI is InChI=1S/C21H16ClF2N7.ClH/c22-14-1-7-17(8-2-14)31(12-13-9-10-26-18(24)11-13)21-29-19(25)28-20(30-21)27-16-5-3-15(23)4-6-16;/h1-11H,12H2,(H3,25,27,28,29,30);1H. The van der Waals surface area contributed by atoms with E-state index in [2.05, 4.69) is 25.3 Å². The number of nitrogen functional groups attached to an aromatic ring is 1. The van der Waals surface area contributed by atoms with Crippen LogP contribution < -0.4 is 16.0 Å². The van der Waals surface area contributed by atoms with Gasteiger partial charge < -0.3 is 16.0 Å². The molecule has 0 saturated carbocycles. The summed E-state index contributed by atoms with van der Waals surface area (Å²) in [6.07, 6.45) is 1.38. The molecule has 164 valence electrons. The van der Waals surface area contributed by atoms with E-state index in [0.29, 0.717) is 22.0 Å². The largest absolute Gasteiger partial charge is 0.368 e. The van der Waals surface area contributed by atoms with E-state index >= 15 is 0 Å². The number of hydrogen-bond acceptors (Lipinski definition) is 7. The van der Waals surface area contributed by atoms with Crippen LogP contribution in [-0.2, 0) is 6.54 Å². The van der Waals surface area contributed by atoms with Crippen molar-refractivity contribution in [1.82, 2.24) is 19.9 Å². The van der Waals surface area contributed by atoms with Gasteiger partial charge in [-0.15, -0.1) is 12.4 Å². The van der Waals surface area contributed by atoms with Crippen molar-refractivity contribution in [3.05, 3.63) is 89.2 Å². The van der Waals surface area contributed by atoms with Gasteiger partial charge in [0.1, 0.15) is 5.82 Å². The fourth-order valence-electron chi connectivity index (χ4n) is 2.84. The number of pyridine rings is 1. The van der Waals surface area contributed by atoms with Gasteiger partial charge in [0.15, 0.2) is 0 Å². The number of rotatable bonds is 6. The van der Waals surface area contributed by atoms with Crippen LogP contribution in [0.3, 0.4) is 0 Å². The normalized spacial score (nSPS) is 10.3. The molecule has 0 saturated heterocycles. The van der Waals surface area contributed by atoms with Gasteiger partial charge in [-0.05, 0) is 66.2 Å². The minimum atomic E-state index is -0.595. The zero-order chi connectivity index (χ0) is 21.8. The number of halogens is 4. The predicted molar refractivity (Wildman–Crippen MR) is 123 cm³/mol. The first-order valence-corrected chi connectivity index (χ1v) is 9.52. The van der Waals surface area contributed by atoms with Gasteiger partial charge in [0.2, 0.25) is 23.8 Å². The number of nitrogens with zero attached hydrogens (tertiary/aromatic N) is 5. The Morgan fingerprint density at radius 3 is 2.34 bits per heavy atom. The third-order valence-electron chi connectivity index (χ3n) is 4.25. The topological polar surface area (TPSA) is 92.8 Å². The maximum absolute atomic E-state index is 13.6. The Kier molecular flexibility index (Phi) is 7.34. The van der Waals surface area contributed by atoms with E-state index in [1.807, 2.05) is 0 Å². The number of anilines is 5. The maximum atomic E-state index is 13.6. The molecule has 4 aromatic rings. The van der Waals surface area contributed by atoms with E-state index in [1.54, 1.807) is 47.4 Å². The smallest absolute Gasteiger partial charge is 0.236 e. The number of hydrogen-bond donors (Lipinski definition) is 2. The van der Waals surface area contributed by atoms with Gasteiger partial charge >= 0.3 is 0 Å². The molecule has 0 aliphatic rings. The third-order valence-corrected chi connectivity index (χ3v) is 4.50. The number of nitrogens with two attached hydrogens (primary N) is 1. The lowest BCUT2D eigenvalue weighted by Crippen LogP contribution is -2.21. The monoisotopic (exact) mass is 475 g/mol. The van der Waals surface area contributed by atoms with Crippen LogP contribution in [0.5, 0.6) is 0 Å². The summed E-state index contributed by atoms with van der Waals surface area (Å²) in [4.78, 5) is 18.1. The number of nitrogens with one attached hydrogen (secondary N) is 1. The Bertz CT molecular complexity index is 1190. The van der Waals surface area contributed by atoms with Crippen LogP contribution in [0.25, 0.3) is 0 Å². The van der Waals surface area contributed by atoms with Gasteiger partial charge in [0, 0.05) is 22.6 Å². The molecule has 2 aromatic heterocycles. The minimum absolute atomic E-state index is 0. The van der Waals surface area contributed by atoms with Crippen molar-refractivity contribution >= 4 is 53.2 Å². The van der Waals surface area contributed by atoms with E-state index in [0.717, 1.165) is 0 Å². The number of benzene rings is 2. The summed E-state index contributed by atoms with van der Waals surface area (Å²) in [5.74, 6) is -0.567. The summed E-state index contributed by atoms with van der Waals surface area (Å²) in [7, 11) is 0. The quantitative estimate of drug-likeness (QED) is 0.366. The predicted octanol–water partition coefficient (Wildman–Crippen LogP) is 5.28. The van der Waals surface area contributed by atoms with E-state index < -0.39 is 5.95 Å². The van der Waals surface area contributed by atoms with Crippen LogP contribution in [-0.4, -0.2) is 19.9 Å². The molecule has 3 N–H and O–H groups in total. The summed E-state index contributed by atoms with van der Waals surface area (Å²) in [6, 6.07) is 15.7. The lowest BCUT2D eigenvalue weighted by Gasteiger charge is -2.23. The fourth-order valence-corrected chi connectivity index (χ4v) is 2.97. The molecular weight excluding hydrogens is 459 g/mol. The molecule has 2 heterocycles. The lowest BCUT2D eigenvalue weighted by atomic mass is 10.2. The van der Waals surface area contributed by atoms with Crippen LogP contribution in [0.4, 0.5) is 38.0 Å². The summed E-state index contributed by atoms with van der Waals surface area (Å²) in [5, 5.41) is 3.54. The van der Waals surface area contributed by atoms with Gasteiger partial charge in [0.25, 0.3) is 0 Å². The Morgan fingerprint density at radius 1 is 0.938 bits per heavy atom. The molecule has 2 aromatic carbocycles. The molecule has 32 heavy (non-hydrogen) atoms. The van der Waals surface area contributed by atoms with Gasteiger partial charge in [0.05, 0.1) is 6.54 Å². The highest BCUT2D eigenvalue weighted by molar-refractivity contribution is 6.30. The molecule has 0 aliphatic carbocycles. The minimum Gasteiger partial charge on any atom is -0.368 e. The first-order valence-electron chi connectivity index (χ1n) is 9.14. The van der Waals surface area contributed by atoms with Crippen molar-refractivity contribution in [2.24, 2.45) is 0 Å². The molecule has 11 heteroatoms. The Labute approximate surface area is 193 Å². The van der Waals surface area contributed by atoms with Gasteiger partial charge in [-0.2, -0.15) is 19.3 Å². The van der Waals surface area contributed by atoms with Crippen molar-refractivity contribution in [3.63, 3.8) is 0 Å². The zero-order valence-corrected chi connectivity index (χ0v) is 18.0. The molecule has 0 unspecified atom stereocenters. The molecular formula is C21H17Cl2F2N7. The van der Waals surface area contributed by atoms with Crippen LogP contribution in [0.2, 0.25) is 5.02 Å². The summed E-state index contributed by atoms with van der Waals surface area (Å²) in [5.41, 5.74) is 7.85. The average molecular weight is 476 g/mol. The molecule has 0 amide bonds. The van der Waals surface area contributed by atoms with Crippen LogP contribution in [0, 0.1) is 11.8 Å². The van der Waals surface area contributed by atoms with Gasteiger partial charge in [-0.1, -0.05) is 11.6 Å². The van der Waals surface area contributed by atoms with E-state index in [4.69, 9.17) is 17.3 Å². The van der Waals surface area contributed by atoms with E-state index in [1.165, 1.54) is 24.4 Å². The molecule has 0 spiro atoms. The van der Waals surface area contributed by atoms with E-state index in [9.17, 15) is 8.78 Å². The highest BCUT2D eigenvalue weighted by Gasteiger charge is 2.16. The Hall–Kier alpha value is -3.56. The van der Waals surface area contributed by atoms with Crippen molar-refractivity contribution in [2.45, 2.75) is 6.54 Å². The van der Waals surface area contributed by atoms with Crippen molar-refractivity contribution in [3.8, 4) is 0 Å². The molecule has 0 fully saturated rings. The zero-order valence-electron chi connectivity index (χ0n) is 16.4. The molecule has 0 radical (unpaired) electrons. The average Bonchev–Trinajstić information content (AvgIpc) is 2.74. The van der Waals surface area contributed by atoms with Crippen LogP contribution in [0.15, 0.2) is 66.9 Å². The van der Waals surface area contributed by atoms with Crippen molar-refractivity contribution < 1.29 is 8.78 Å². The Balaban J connectivity index is 0.00000289. The first kappa shape index (κ1) is 23.1. The van der Waals surface area contributed by atoms with Crippen molar-refractivity contribution in [2.75, 3.05) is 16.0 Å². The second kappa shape index (κ2) is 10.2. The van der Waals surface area contributed by atoms with Crippen LogP contribution >= 0.6 is 24.0 Å². The second-order valence-corrected chi connectivity index (χ2v) is 6.93. The Morgan fingerprint density at radius 2 is 1.66 bits per heavy atom. The first-order chi connectivity index (χ1) is 15.0. The van der Waals surface area contributed by atoms with Crippen molar-refractivity contribution in [1.29, 1.82) is 0 Å². The SMILES string of the molecule is Cl.Nc1nc(Nc2ccc(F)cc2)nc(N(Cc2ccnc(F)c2)c2ccc(Cl)cc2)n1. The third kappa shape index (κ3) is 5.77.